The van der Waals surface area contributed by atoms with Crippen LogP contribution < -0.4 is 10.9 Å². The molecule has 0 unspecified atom stereocenters. The number of carbonyl (C=O) groups is 1. The van der Waals surface area contributed by atoms with Crippen molar-refractivity contribution in [3.05, 3.63) is 101 Å². The van der Waals surface area contributed by atoms with Crippen LogP contribution in [0.1, 0.15) is 11.6 Å². The number of nitrogens with zero attached hydrogens (tertiary/aromatic N) is 3. The first kappa shape index (κ1) is 23.7. The van der Waals surface area contributed by atoms with Gasteiger partial charge in [-0.05, 0) is 56.1 Å². The molecule has 0 radical (unpaired) electrons. The fourth-order valence-corrected chi connectivity index (χ4v) is 4.53. The number of nitrogens with one attached hydrogen (secondary N) is 1. The Morgan fingerprint density at radius 2 is 1.71 bits per heavy atom. The van der Waals surface area contributed by atoms with Crippen molar-refractivity contribution in [2.45, 2.75) is 11.2 Å². The second-order valence-corrected chi connectivity index (χ2v) is 8.95. The molecule has 0 aliphatic heterocycles. The Hall–Kier alpha value is -3.49. The minimum absolute atomic E-state index is 0.0336. The zero-order valence-electron chi connectivity index (χ0n) is 18.9. The zero-order valence-corrected chi connectivity index (χ0v) is 19.8. The standard InChI is InChI=1S/C26H25FN4O2S/c1-30(2)23(18-8-4-3-5-9-18)16-28-24(32)17-34-26-29-22-11-7-6-10-21(22)25(33)31(26)20-14-12-19(27)13-15-20/h3-15,23H,16-17H2,1-2H3,(H,28,32)/t23-/m1/s1. The zero-order chi connectivity index (χ0) is 24.1. The van der Waals surface area contributed by atoms with Gasteiger partial charge in [0, 0.05) is 6.54 Å². The molecule has 1 aromatic heterocycles. The maximum Gasteiger partial charge on any atom is 0.266 e. The summed E-state index contributed by atoms with van der Waals surface area (Å²) in [7, 11) is 3.94. The highest BCUT2D eigenvalue weighted by Crippen LogP contribution is 2.22. The van der Waals surface area contributed by atoms with Crippen molar-refractivity contribution in [1.82, 2.24) is 19.8 Å². The molecule has 0 spiro atoms. The largest absolute Gasteiger partial charge is 0.353 e. The molecule has 0 bridgehead atoms. The first-order valence-corrected chi connectivity index (χ1v) is 11.8. The highest BCUT2D eigenvalue weighted by atomic mass is 32.2. The molecule has 34 heavy (non-hydrogen) atoms. The molecule has 1 N–H and O–H groups in total. The molecule has 0 saturated carbocycles. The number of halogens is 1. The topological polar surface area (TPSA) is 67.2 Å². The van der Waals surface area contributed by atoms with Gasteiger partial charge in [0.05, 0.1) is 28.4 Å². The molecular weight excluding hydrogens is 451 g/mol. The van der Waals surface area contributed by atoms with E-state index < -0.39 is 5.82 Å². The quantitative estimate of drug-likeness (QED) is 0.307. The van der Waals surface area contributed by atoms with Gasteiger partial charge in [0.15, 0.2) is 5.16 Å². The maximum absolute atomic E-state index is 13.5. The van der Waals surface area contributed by atoms with Crippen LogP contribution in [0.3, 0.4) is 0 Å². The molecule has 0 aliphatic rings. The summed E-state index contributed by atoms with van der Waals surface area (Å²) in [5, 5.41) is 3.81. The number of fused-ring (bicyclic) bond motifs is 1. The lowest BCUT2D eigenvalue weighted by Gasteiger charge is -2.25. The number of thioether (sulfide) groups is 1. The van der Waals surface area contributed by atoms with Gasteiger partial charge in [-0.1, -0.05) is 54.2 Å². The lowest BCUT2D eigenvalue weighted by atomic mass is 10.1. The fraction of sp³-hybridized carbons (Fsp3) is 0.192. The number of rotatable bonds is 8. The minimum Gasteiger partial charge on any atom is -0.353 e. The third kappa shape index (κ3) is 5.35. The van der Waals surface area contributed by atoms with Crippen LogP contribution in [0.15, 0.2) is 88.8 Å². The van der Waals surface area contributed by atoms with Crippen molar-refractivity contribution < 1.29 is 9.18 Å². The minimum atomic E-state index is -0.395. The fourth-order valence-electron chi connectivity index (χ4n) is 3.69. The number of hydrogen-bond acceptors (Lipinski definition) is 5. The summed E-state index contributed by atoms with van der Waals surface area (Å²) in [5.41, 5.74) is 1.88. The first-order valence-electron chi connectivity index (χ1n) is 10.8. The number of carbonyl (C=O) groups excluding carboxylic acids is 1. The van der Waals surface area contributed by atoms with Gasteiger partial charge in [-0.15, -0.1) is 0 Å². The summed E-state index contributed by atoms with van der Waals surface area (Å²) < 4.78 is 14.9. The number of para-hydroxylation sites is 1. The lowest BCUT2D eigenvalue weighted by molar-refractivity contribution is -0.118. The van der Waals surface area contributed by atoms with E-state index in [1.165, 1.54) is 40.6 Å². The second kappa shape index (κ2) is 10.6. The molecular formula is C26H25FN4O2S. The summed E-state index contributed by atoms with van der Waals surface area (Å²) in [6, 6.07) is 22.7. The van der Waals surface area contributed by atoms with E-state index in [0.717, 1.165) is 5.56 Å². The summed E-state index contributed by atoms with van der Waals surface area (Å²) in [6.45, 7) is 0.451. The van der Waals surface area contributed by atoms with Gasteiger partial charge in [-0.3, -0.25) is 14.2 Å². The van der Waals surface area contributed by atoms with E-state index in [2.05, 4.69) is 15.2 Å². The van der Waals surface area contributed by atoms with E-state index in [1.54, 1.807) is 18.2 Å². The molecule has 0 fully saturated rings. The van der Waals surface area contributed by atoms with E-state index in [4.69, 9.17) is 0 Å². The van der Waals surface area contributed by atoms with Crippen molar-refractivity contribution in [2.75, 3.05) is 26.4 Å². The molecule has 1 heterocycles. The summed E-state index contributed by atoms with van der Waals surface area (Å²) in [5.74, 6) is -0.477. The maximum atomic E-state index is 13.5. The van der Waals surface area contributed by atoms with Gasteiger partial charge in [0.2, 0.25) is 5.91 Å². The van der Waals surface area contributed by atoms with Crippen molar-refractivity contribution in [3.8, 4) is 5.69 Å². The van der Waals surface area contributed by atoms with Gasteiger partial charge in [0.1, 0.15) is 5.82 Å². The van der Waals surface area contributed by atoms with E-state index >= 15 is 0 Å². The number of likely N-dealkylation sites (N-methyl/N-ethyl adjacent to an activating group) is 1. The molecule has 1 amide bonds. The van der Waals surface area contributed by atoms with Crippen LogP contribution >= 0.6 is 11.8 Å². The monoisotopic (exact) mass is 476 g/mol. The molecule has 174 valence electrons. The van der Waals surface area contributed by atoms with Crippen LogP contribution in [0.5, 0.6) is 0 Å². The van der Waals surface area contributed by atoms with Crippen molar-refractivity contribution in [1.29, 1.82) is 0 Å². The third-order valence-corrected chi connectivity index (χ3v) is 6.40. The van der Waals surface area contributed by atoms with E-state index in [0.29, 0.717) is 28.3 Å². The smallest absolute Gasteiger partial charge is 0.266 e. The third-order valence-electron chi connectivity index (χ3n) is 5.46. The predicted octanol–water partition coefficient (Wildman–Crippen LogP) is 4.04. The Labute approximate surface area is 201 Å². The summed E-state index contributed by atoms with van der Waals surface area (Å²) in [4.78, 5) is 32.6. The number of hydrogen-bond donors (Lipinski definition) is 1. The molecule has 3 aromatic carbocycles. The first-order chi connectivity index (χ1) is 16.4. The van der Waals surface area contributed by atoms with E-state index in [-0.39, 0.29) is 23.3 Å². The van der Waals surface area contributed by atoms with Crippen LogP contribution in [-0.2, 0) is 4.79 Å². The molecule has 6 nitrogen and oxygen atoms in total. The Balaban J connectivity index is 1.54. The van der Waals surface area contributed by atoms with Crippen LogP contribution in [0.2, 0.25) is 0 Å². The number of aromatic nitrogens is 2. The van der Waals surface area contributed by atoms with Gasteiger partial charge in [-0.25, -0.2) is 9.37 Å². The van der Waals surface area contributed by atoms with Gasteiger partial charge in [0.25, 0.3) is 5.56 Å². The highest BCUT2D eigenvalue weighted by Gasteiger charge is 2.17. The van der Waals surface area contributed by atoms with Crippen LogP contribution in [0.25, 0.3) is 16.6 Å². The van der Waals surface area contributed by atoms with Crippen LogP contribution in [0, 0.1) is 5.82 Å². The Morgan fingerprint density at radius 3 is 2.41 bits per heavy atom. The average molecular weight is 477 g/mol. The normalized spacial score (nSPS) is 12.1. The Bertz CT molecular complexity index is 1340. The summed E-state index contributed by atoms with van der Waals surface area (Å²) >= 11 is 1.17. The van der Waals surface area contributed by atoms with Crippen LogP contribution in [0.4, 0.5) is 4.39 Å². The number of benzene rings is 3. The molecule has 8 heteroatoms. The van der Waals surface area contributed by atoms with Gasteiger partial charge < -0.3 is 10.2 Å². The molecule has 4 aromatic rings. The van der Waals surface area contributed by atoms with Crippen molar-refractivity contribution in [2.24, 2.45) is 0 Å². The predicted molar refractivity (Wildman–Crippen MR) is 134 cm³/mol. The van der Waals surface area contributed by atoms with Crippen molar-refractivity contribution in [3.63, 3.8) is 0 Å². The van der Waals surface area contributed by atoms with Crippen molar-refractivity contribution >= 4 is 28.6 Å². The molecule has 1 atom stereocenters. The lowest BCUT2D eigenvalue weighted by Crippen LogP contribution is -2.35. The Kier molecular flexibility index (Phi) is 7.40. The number of amides is 1. The Morgan fingerprint density at radius 1 is 1.03 bits per heavy atom. The summed E-state index contributed by atoms with van der Waals surface area (Å²) in [6.07, 6.45) is 0. The SMILES string of the molecule is CN(C)[C@H](CNC(=O)CSc1nc2ccccc2c(=O)n1-c1ccc(F)cc1)c1ccccc1. The second-order valence-electron chi connectivity index (χ2n) is 8.01. The molecule has 0 aliphatic carbocycles. The van der Waals surface area contributed by atoms with E-state index in [9.17, 15) is 14.0 Å². The molecule has 0 saturated heterocycles. The molecule has 4 rings (SSSR count). The van der Waals surface area contributed by atoms with Gasteiger partial charge in [-0.2, -0.15) is 0 Å². The van der Waals surface area contributed by atoms with E-state index in [1.807, 2.05) is 50.5 Å². The van der Waals surface area contributed by atoms with Crippen LogP contribution in [-0.4, -0.2) is 46.8 Å². The highest BCUT2D eigenvalue weighted by molar-refractivity contribution is 7.99. The van der Waals surface area contributed by atoms with Gasteiger partial charge >= 0.3 is 0 Å². The average Bonchev–Trinajstić information content (AvgIpc) is 2.84.